The molecule has 4 rings (SSSR count). The first-order chi connectivity index (χ1) is 16.9. The van der Waals surface area contributed by atoms with Crippen molar-refractivity contribution < 1.29 is 19.1 Å². The molecule has 1 saturated carbocycles. The smallest absolute Gasteiger partial charge is 0.311 e. The van der Waals surface area contributed by atoms with Crippen LogP contribution in [0.4, 0.5) is 0 Å². The predicted molar refractivity (Wildman–Crippen MR) is 138 cm³/mol. The summed E-state index contributed by atoms with van der Waals surface area (Å²) in [6, 6.07) is 3.80. The Morgan fingerprint density at radius 3 is 2.77 bits per heavy atom. The highest BCUT2D eigenvalue weighted by Crippen LogP contribution is 2.46. The summed E-state index contributed by atoms with van der Waals surface area (Å²) in [5, 5.41) is 0. The quantitative estimate of drug-likeness (QED) is 0.206. The second-order valence-corrected chi connectivity index (χ2v) is 10.6. The van der Waals surface area contributed by atoms with E-state index in [-0.39, 0.29) is 41.7 Å². The van der Waals surface area contributed by atoms with Crippen LogP contribution < -0.4 is 0 Å². The fraction of sp³-hybridized carbons (Fsp3) is 0.600. The molecule has 2 aliphatic carbocycles. The molecule has 1 aromatic rings. The second kappa shape index (κ2) is 11.6. The first-order valence-corrected chi connectivity index (χ1v) is 13.4. The van der Waals surface area contributed by atoms with Gasteiger partial charge in [0, 0.05) is 18.0 Å². The summed E-state index contributed by atoms with van der Waals surface area (Å²) < 4.78 is 11.4. The lowest BCUT2D eigenvalue weighted by molar-refractivity contribution is -0.156. The number of carbonyl (C=O) groups excluding carboxylic acids is 2. The van der Waals surface area contributed by atoms with Crippen LogP contribution in [-0.4, -0.2) is 36.1 Å². The molecule has 0 aromatic carbocycles. The lowest BCUT2D eigenvalue weighted by atomic mass is 9.69. The fourth-order valence-corrected chi connectivity index (χ4v) is 6.44. The Morgan fingerprint density at radius 1 is 1.23 bits per heavy atom. The molecule has 1 saturated heterocycles. The van der Waals surface area contributed by atoms with Crippen LogP contribution in [0.3, 0.4) is 0 Å². The zero-order chi connectivity index (χ0) is 24.9. The van der Waals surface area contributed by atoms with Crippen molar-refractivity contribution >= 4 is 11.8 Å². The zero-order valence-corrected chi connectivity index (χ0v) is 21.6. The van der Waals surface area contributed by atoms with E-state index in [0.29, 0.717) is 23.4 Å². The van der Waals surface area contributed by atoms with Crippen LogP contribution in [0.5, 0.6) is 0 Å². The zero-order valence-electron chi connectivity index (χ0n) is 21.6. The highest BCUT2D eigenvalue weighted by Gasteiger charge is 2.42. The van der Waals surface area contributed by atoms with Crippen LogP contribution in [0.1, 0.15) is 69.8 Å². The van der Waals surface area contributed by atoms with Gasteiger partial charge in [0.2, 0.25) is 0 Å². The van der Waals surface area contributed by atoms with Crippen LogP contribution in [0, 0.1) is 35.5 Å². The van der Waals surface area contributed by atoms with Gasteiger partial charge in [-0.2, -0.15) is 0 Å². The van der Waals surface area contributed by atoms with Gasteiger partial charge in [-0.25, -0.2) is 0 Å². The average Bonchev–Trinajstić information content (AvgIpc) is 3.58. The molecule has 0 spiro atoms. The number of esters is 1. The van der Waals surface area contributed by atoms with Gasteiger partial charge in [0.25, 0.3) is 0 Å². The van der Waals surface area contributed by atoms with Crippen LogP contribution in [0.25, 0.3) is 0 Å². The first-order valence-electron chi connectivity index (χ1n) is 13.4. The standard InChI is InChI=1S/C30H41NO4/c1-5-21(29-19(2)14-17-26(35-29)20(3)30(33)34-4)9-6-11-23-16-15-22-10-7-12-24(22)27(23)28(32)25-13-8-18-31-25/h6,8-9,11,13,15-16,18-20,22-24,26-27,29,31H,5,7,10,12,14,17H2,1-4H3/b11-6+,21-9+. The van der Waals surface area contributed by atoms with Gasteiger partial charge in [-0.3, -0.25) is 9.59 Å². The van der Waals surface area contributed by atoms with Gasteiger partial charge in [0.1, 0.15) is 0 Å². The average molecular weight is 480 g/mol. The molecule has 3 aliphatic rings. The van der Waals surface area contributed by atoms with Gasteiger partial charge in [-0.15, -0.1) is 0 Å². The molecular formula is C30H41NO4. The summed E-state index contributed by atoms with van der Waals surface area (Å²) in [4.78, 5) is 28.7. The third kappa shape index (κ3) is 5.55. The number of allylic oxidation sites excluding steroid dienone is 5. The molecule has 5 heteroatoms. The van der Waals surface area contributed by atoms with Crippen LogP contribution in [-0.2, 0) is 14.3 Å². The van der Waals surface area contributed by atoms with Crippen LogP contribution >= 0.6 is 0 Å². The van der Waals surface area contributed by atoms with E-state index in [4.69, 9.17) is 9.47 Å². The van der Waals surface area contributed by atoms with E-state index in [2.05, 4.69) is 49.2 Å². The highest BCUT2D eigenvalue weighted by atomic mass is 16.5. The third-order valence-electron chi connectivity index (χ3n) is 8.54. The Bertz CT molecular complexity index is 959. The van der Waals surface area contributed by atoms with Gasteiger partial charge in [-0.1, -0.05) is 50.6 Å². The Kier molecular flexibility index (Phi) is 8.48. The number of ether oxygens (including phenoxy) is 2. The van der Waals surface area contributed by atoms with Crippen molar-refractivity contribution in [3.8, 4) is 0 Å². The summed E-state index contributed by atoms with van der Waals surface area (Å²) in [5.74, 6) is 1.17. The van der Waals surface area contributed by atoms with Crippen molar-refractivity contribution in [2.75, 3.05) is 7.11 Å². The minimum absolute atomic E-state index is 0.00651. The van der Waals surface area contributed by atoms with Gasteiger partial charge < -0.3 is 14.5 Å². The molecule has 2 heterocycles. The van der Waals surface area contributed by atoms with E-state index in [0.717, 1.165) is 25.7 Å². The lowest BCUT2D eigenvalue weighted by Gasteiger charge is -2.38. The van der Waals surface area contributed by atoms with Crippen molar-refractivity contribution in [2.24, 2.45) is 35.5 Å². The lowest BCUT2D eigenvalue weighted by Crippen LogP contribution is -2.40. The highest BCUT2D eigenvalue weighted by molar-refractivity contribution is 5.97. The number of aromatic nitrogens is 1. The second-order valence-electron chi connectivity index (χ2n) is 10.6. The number of aromatic amines is 1. The maximum absolute atomic E-state index is 13.5. The predicted octanol–water partition coefficient (Wildman–Crippen LogP) is 6.30. The number of H-pyrrole nitrogens is 1. The molecule has 35 heavy (non-hydrogen) atoms. The Labute approximate surface area is 210 Å². The molecule has 0 radical (unpaired) electrons. The molecule has 8 unspecified atom stereocenters. The first kappa shape index (κ1) is 25.7. The number of ketones is 1. The maximum Gasteiger partial charge on any atom is 0.311 e. The number of fused-ring (bicyclic) bond motifs is 1. The van der Waals surface area contributed by atoms with E-state index < -0.39 is 0 Å². The third-order valence-corrected chi connectivity index (χ3v) is 8.54. The Balaban J connectivity index is 1.52. The Morgan fingerprint density at radius 2 is 2.06 bits per heavy atom. The number of hydrogen-bond donors (Lipinski definition) is 1. The summed E-state index contributed by atoms with van der Waals surface area (Å²) in [6.45, 7) is 6.28. The van der Waals surface area contributed by atoms with E-state index in [1.165, 1.54) is 25.5 Å². The number of rotatable bonds is 8. The maximum atomic E-state index is 13.5. The van der Waals surface area contributed by atoms with Gasteiger partial charge >= 0.3 is 5.97 Å². The molecule has 1 N–H and O–H groups in total. The summed E-state index contributed by atoms with van der Waals surface area (Å²) in [6.07, 6.45) is 19.1. The van der Waals surface area contributed by atoms with Gasteiger partial charge in [0.05, 0.1) is 30.9 Å². The minimum atomic E-state index is -0.268. The summed E-state index contributed by atoms with van der Waals surface area (Å²) in [7, 11) is 1.44. The van der Waals surface area contributed by atoms with Crippen LogP contribution in [0.2, 0.25) is 0 Å². The topological polar surface area (TPSA) is 68.4 Å². The molecule has 5 nitrogen and oxygen atoms in total. The van der Waals surface area contributed by atoms with Crippen LogP contribution in [0.15, 0.2) is 54.3 Å². The van der Waals surface area contributed by atoms with E-state index in [1.807, 2.05) is 25.3 Å². The van der Waals surface area contributed by atoms with Crippen molar-refractivity contribution in [3.05, 3.63) is 60.0 Å². The van der Waals surface area contributed by atoms with E-state index in [9.17, 15) is 9.59 Å². The van der Waals surface area contributed by atoms with E-state index in [1.54, 1.807) is 0 Å². The number of methoxy groups -OCH3 is 1. The van der Waals surface area contributed by atoms with Gasteiger partial charge in [0.15, 0.2) is 5.78 Å². The number of nitrogens with one attached hydrogen (secondary N) is 1. The van der Waals surface area contributed by atoms with E-state index >= 15 is 0 Å². The molecule has 1 aromatic heterocycles. The Hall–Kier alpha value is -2.40. The monoisotopic (exact) mass is 479 g/mol. The molecule has 2 fully saturated rings. The SMILES string of the molecule is CC/C(=C\C=C\C1C=CC2CCCC2C1C(=O)c1ccc[nH]1)C1OC(C(C)C(=O)OC)CCC1C. The van der Waals surface area contributed by atoms with Crippen molar-refractivity contribution in [1.82, 2.24) is 4.98 Å². The summed E-state index contributed by atoms with van der Waals surface area (Å²) in [5.41, 5.74) is 1.95. The fourth-order valence-electron chi connectivity index (χ4n) is 6.44. The normalized spacial score (nSPS) is 34.1. The van der Waals surface area contributed by atoms with Crippen molar-refractivity contribution in [2.45, 2.75) is 71.5 Å². The van der Waals surface area contributed by atoms with Crippen molar-refractivity contribution in [3.63, 3.8) is 0 Å². The summed E-state index contributed by atoms with van der Waals surface area (Å²) >= 11 is 0. The molecule has 8 atom stereocenters. The molecule has 1 aliphatic heterocycles. The molecular weight excluding hydrogens is 438 g/mol. The largest absolute Gasteiger partial charge is 0.469 e. The molecule has 0 amide bonds. The minimum Gasteiger partial charge on any atom is -0.469 e. The molecule has 190 valence electrons. The number of hydrogen-bond acceptors (Lipinski definition) is 4. The number of carbonyl (C=O) groups is 2. The van der Waals surface area contributed by atoms with Crippen molar-refractivity contribution in [1.29, 1.82) is 0 Å². The number of Topliss-reactive ketones (excluding diaryl/α,β-unsaturated/α-hetero) is 1. The molecule has 0 bridgehead atoms. The van der Waals surface area contributed by atoms with Gasteiger partial charge in [-0.05, 0) is 74.5 Å².